The quantitative estimate of drug-likeness (QED) is 0.0789. The maximum Gasteiger partial charge on any atom is 0.416 e. The van der Waals surface area contributed by atoms with Gasteiger partial charge in [0.15, 0.2) is 10.2 Å². The first-order valence-electron chi connectivity index (χ1n) is 24.6. The molecule has 0 bridgehead atoms. The molecule has 2 aliphatic heterocycles. The number of alkyl halides is 12. The number of rotatable bonds is 8. The van der Waals surface area contributed by atoms with Gasteiger partial charge in [-0.15, -0.1) is 0 Å². The van der Waals surface area contributed by atoms with Gasteiger partial charge in [-0.05, 0) is 133 Å². The number of carbonyl (C=O) groups excluding carboxylic acids is 2. The summed E-state index contributed by atoms with van der Waals surface area (Å²) in [4.78, 5) is 30.5. The van der Waals surface area contributed by atoms with E-state index >= 15 is 0 Å². The van der Waals surface area contributed by atoms with Crippen molar-refractivity contribution in [3.05, 3.63) is 130 Å². The number of nitrogens with zero attached hydrogens (tertiary/aromatic N) is 3. The maximum absolute atomic E-state index is 13.6. The van der Waals surface area contributed by atoms with Gasteiger partial charge in [0.2, 0.25) is 11.8 Å². The highest BCUT2D eigenvalue weighted by Crippen LogP contribution is 2.41. The number of hydrogen-bond acceptors (Lipinski definition) is 4. The average Bonchev–Trinajstić information content (AvgIpc) is 3.99. The molecular weight excluding hydrogens is 1140 g/mol. The van der Waals surface area contributed by atoms with Gasteiger partial charge in [0.05, 0.1) is 62.5 Å². The normalized spacial score (nSPS) is 16.9. The van der Waals surface area contributed by atoms with Crippen molar-refractivity contribution in [2.45, 2.75) is 116 Å². The summed E-state index contributed by atoms with van der Waals surface area (Å²) in [5.41, 5.74) is -6.96. The molecule has 0 spiro atoms. The minimum absolute atomic E-state index is 0. The zero-order valence-corrected chi connectivity index (χ0v) is 47.7. The lowest BCUT2D eigenvalue weighted by atomic mass is 9.85. The number of quaternary nitrogens is 1. The fourth-order valence-electron chi connectivity index (χ4n) is 8.40. The largest absolute Gasteiger partial charge is 1.00 e. The highest BCUT2D eigenvalue weighted by Gasteiger charge is 2.43. The zero-order chi connectivity index (χ0) is 60.0. The second-order valence-corrected chi connectivity index (χ2v) is 23.4. The van der Waals surface area contributed by atoms with Crippen LogP contribution < -0.4 is 33.7 Å². The highest BCUT2D eigenvalue weighted by atomic mass is 35.5. The van der Waals surface area contributed by atoms with Crippen molar-refractivity contribution in [3.8, 4) is 0 Å². The Morgan fingerprint density at radius 1 is 0.500 bits per heavy atom. The Morgan fingerprint density at radius 2 is 0.750 bits per heavy atom. The van der Waals surface area contributed by atoms with E-state index in [-0.39, 0.29) is 58.7 Å². The third-order valence-corrected chi connectivity index (χ3v) is 12.5. The van der Waals surface area contributed by atoms with E-state index in [0.29, 0.717) is 63.0 Å². The predicted octanol–water partition coefficient (Wildman–Crippen LogP) is 11.2. The van der Waals surface area contributed by atoms with Crippen LogP contribution in [0.4, 0.5) is 72.8 Å². The van der Waals surface area contributed by atoms with Crippen molar-refractivity contribution in [1.29, 1.82) is 0 Å². The van der Waals surface area contributed by atoms with Crippen molar-refractivity contribution in [2.75, 3.05) is 51.9 Å². The standard InChI is InChI=1S/2C25H26F7N3OS.C4H12N.ClH/c2*1-23(2,3)20(21(36)35-10-4-5-19(35)14-6-8-17(26)9-7-14)34-22(37)33-18-12-15(24(27,28)29)11-16(13-18)25(30,31)32;1-5(2,3)4;/h2*6-9,11-13,19-20H,4-5,10H2,1-3H3,(H2,33,34,37);1-4H3;1H/q;;+1;/p-1/t2*19-,20-;;/m00../s1. The molecule has 2 saturated heterocycles. The first-order valence-corrected chi connectivity index (χ1v) is 25.4. The van der Waals surface area contributed by atoms with Gasteiger partial charge in [-0.1, -0.05) is 65.8 Å². The molecular formula is C54H64ClF14N7O2S2. The summed E-state index contributed by atoms with van der Waals surface area (Å²) in [6.45, 7) is 11.4. The van der Waals surface area contributed by atoms with Gasteiger partial charge < -0.3 is 48.0 Å². The number of likely N-dealkylation sites (tertiary alicyclic amines) is 2. The number of hydrogen-bond donors (Lipinski definition) is 4. The van der Waals surface area contributed by atoms with Crippen LogP contribution in [0, 0.1) is 22.5 Å². The Morgan fingerprint density at radius 3 is 0.975 bits per heavy atom. The number of carbonyl (C=O) groups is 2. The van der Waals surface area contributed by atoms with E-state index in [1.54, 1.807) is 75.6 Å². The van der Waals surface area contributed by atoms with Gasteiger partial charge >= 0.3 is 24.7 Å². The Bertz CT molecular complexity index is 2500. The molecule has 4 aromatic rings. The second kappa shape index (κ2) is 26.6. The summed E-state index contributed by atoms with van der Waals surface area (Å²) in [5, 5.41) is 9.70. The molecule has 80 heavy (non-hydrogen) atoms. The van der Waals surface area contributed by atoms with Crippen LogP contribution in [-0.2, 0) is 34.3 Å². The molecule has 0 aliphatic carbocycles. The molecule has 2 heterocycles. The lowest BCUT2D eigenvalue weighted by molar-refractivity contribution is -0.849. The van der Waals surface area contributed by atoms with Crippen molar-refractivity contribution >= 4 is 57.8 Å². The summed E-state index contributed by atoms with van der Waals surface area (Å²) < 4.78 is 186. The number of nitrogens with one attached hydrogen (secondary N) is 4. The fourth-order valence-corrected chi connectivity index (χ4v) is 8.88. The van der Waals surface area contributed by atoms with Gasteiger partial charge in [0, 0.05) is 24.5 Å². The third kappa shape index (κ3) is 20.5. The van der Waals surface area contributed by atoms with Gasteiger partial charge in [-0.2, -0.15) is 52.7 Å². The number of amides is 2. The lowest BCUT2D eigenvalue weighted by Crippen LogP contribution is -3.00. The smallest absolute Gasteiger partial charge is 0.416 e. The van der Waals surface area contributed by atoms with Crippen LogP contribution >= 0.6 is 24.4 Å². The molecule has 0 radical (unpaired) electrons. The van der Waals surface area contributed by atoms with Crippen molar-refractivity contribution in [2.24, 2.45) is 10.8 Å². The number of thiocarbonyl (C=S) groups is 2. The van der Waals surface area contributed by atoms with Gasteiger partial charge in [0.25, 0.3) is 0 Å². The molecule has 0 aromatic heterocycles. The van der Waals surface area contributed by atoms with E-state index in [9.17, 15) is 71.1 Å². The minimum atomic E-state index is -5.01. The maximum atomic E-state index is 13.6. The molecule has 444 valence electrons. The molecule has 9 nitrogen and oxygen atoms in total. The second-order valence-electron chi connectivity index (χ2n) is 22.5. The average molecular weight is 1210 g/mol. The van der Waals surface area contributed by atoms with Crippen LogP contribution in [0.25, 0.3) is 0 Å². The zero-order valence-electron chi connectivity index (χ0n) is 45.3. The summed E-state index contributed by atoms with van der Waals surface area (Å²) in [6.07, 6.45) is -17.3. The highest BCUT2D eigenvalue weighted by molar-refractivity contribution is 7.80. The first kappa shape index (κ1) is 68.7. The summed E-state index contributed by atoms with van der Waals surface area (Å²) in [5.74, 6) is -1.51. The molecule has 2 aliphatic rings. The van der Waals surface area contributed by atoms with Gasteiger partial charge in [-0.3, -0.25) is 9.59 Å². The Hall–Kier alpha value is -5.53. The summed E-state index contributed by atoms with van der Waals surface area (Å²) >= 11 is 10.4. The Balaban J connectivity index is 0.000000383. The van der Waals surface area contributed by atoms with Crippen molar-refractivity contribution < 1.29 is 87.9 Å². The molecule has 4 atom stereocenters. The van der Waals surface area contributed by atoms with Crippen LogP contribution in [0.5, 0.6) is 0 Å². The van der Waals surface area contributed by atoms with Gasteiger partial charge in [-0.25, -0.2) is 8.78 Å². The topological polar surface area (TPSA) is 88.7 Å². The molecule has 0 unspecified atom stereocenters. The van der Waals surface area contributed by atoms with E-state index in [4.69, 9.17) is 24.4 Å². The van der Waals surface area contributed by atoms with E-state index in [2.05, 4.69) is 49.5 Å². The van der Waals surface area contributed by atoms with Crippen molar-refractivity contribution in [1.82, 2.24) is 20.4 Å². The molecule has 2 amide bonds. The first-order chi connectivity index (χ1) is 35.9. The van der Waals surface area contributed by atoms with Crippen molar-refractivity contribution in [3.63, 3.8) is 0 Å². The SMILES string of the molecule is CC(C)(C)[C@@H](NC(=S)Nc1cc(C(F)(F)F)cc(C(F)(F)F)c1)C(=O)N1CCC[C@H]1c1ccc(F)cc1.CC(C)(C)[C@@H](NC(=S)Nc1cc(C(F)(F)F)cc(C(F)(F)F)c1)C(=O)N1CCC[C@H]1c1ccc(F)cc1.C[N+](C)(C)C.[Cl-]. The van der Waals surface area contributed by atoms with Crippen LogP contribution in [0.15, 0.2) is 84.9 Å². The van der Waals surface area contributed by atoms with E-state index in [1.165, 1.54) is 24.3 Å². The molecule has 4 aromatic carbocycles. The minimum Gasteiger partial charge on any atom is -1.00 e. The molecule has 26 heteroatoms. The van der Waals surface area contributed by atoms with Gasteiger partial charge in [0.1, 0.15) is 23.7 Å². The fraction of sp³-hybridized carbons (Fsp3) is 0.481. The summed E-state index contributed by atoms with van der Waals surface area (Å²) in [6, 6.07) is 11.2. The van der Waals surface area contributed by atoms with E-state index in [0.717, 1.165) is 15.6 Å². The number of anilines is 2. The predicted molar refractivity (Wildman–Crippen MR) is 282 cm³/mol. The van der Waals surface area contributed by atoms with Crippen LogP contribution in [0.1, 0.15) is 113 Å². The van der Waals surface area contributed by atoms with Crippen LogP contribution in [0.3, 0.4) is 0 Å². The van der Waals surface area contributed by atoms with E-state index < -0.39 is 92.9 Å². The third-order valence-electron chi connectivity index (χ3n) is 12.0. The molecule has 6 rings (SSSR count). The Kier molecular flexibility index (Phi) is 22.8. The summed E-state index contributed by atoms with van der Waals surface area (Å²) in [7, 11) is 8.50. The Labute approximate surface area is 473 Å². The van der Waals surface area contributed by atoms with Crippen LogP contribution in [0.2, 0.25) is 0 Å². The molecule has 0 saturated carbocycles. The number of benzene rings is 4. The molecule has 4 N–H and O–H groups in total. The number of halogens is 15. The van der Waals surface area contributed by atoms with Crippen LogP contribution in [-0.4, -0.2) is 89.7 Å². The molecule has 2 fully saturated rings. The monoisotopic (exact) mass is 1210 g/mol. The lowest BCUT2D eigenvalue weighted by Gasteiger charge is -2.36. The van der Waals surface area contributed by atoms with E-state index in [1.807, 2.05) is 0 Å².